The van der Waals surface area contributed by atoms with Crippen LogP contribution in [0.15, 0.2) is 53.6 Å². The number of aryl methyl sites for hydroxylation is 1. The summed E-state index contributed by atoms with van der Waals surface area (Å²) in [5, 5.41) is 7.57. The van der Waals surface area contributed by atoms with Crippen LogP contribution in [0.25, 0.3) is 0 Å². The maximum atomic E-state index is 5.17. The zero-order chi connectivity index (χ0) is 15.1. The maximum Gasteiger partial charge on any atom is 0.191 e. The van der Waals surface area contributed by atoms with Crippen molar-refractivity contribution in [1.29, 1.82) is 0 Å². The summed E-state index contributed by atoms with van der Waals surface area (Å²) in [5.74, 6) is 0.803. The van der Waals surface area contributed by atoms with Crippen LogP contribution in [0, 0.1) is 6.92 Å². The molecule has 0 unspecified atom stereocenters. The Morgan fingerprint density at radius 2 is 1.76 bits per heavy atom. The minimum Gasteiger partial charge on any atom is -0.497 e. The molecule has 4 nitrogen and oxygen atoms in total. The number of thiocarbonyl (C=S) groups is 1. The highest BCUT2D eigenvalue weighted by molar-refractivity contribution is 7.80. The highest BCUT2D eigenvalue weighted by Gasteiger charge is 1.96. The zero-order valence-corrected chi connectivity index (χ0v) is 12.8. The molecular weight excluding hydrogens is 282 g/mol. The lowest BCUT2D eigenvalue weighted by atomic mass is 10.2. The molecule has 0 radical (unpaired) electrons. The van der Waals surface area contributed by atoms with Crippen molar-refractivity contribution in [3.63, 3.8) is 0 Å². The van der Waals surface area contributed by atoms with Crippen LogP contribution in [0.4, 0.5) is 5.69 Å². The molecule has 2 aromatic rings. The van der Waals surface area contributed by atoms with Crippen molar-refractivity contribution in [2.75, 3.05) is 12.4 Å². The molecule has 2 N–H and O–H groups in total. The fourth-order valence-corrected chi connectivity index (χ4v) is 1.82. The van der Waals surface area contributed by atoms with Crippen molar-refractivity contribution in [3.05, 3.63) is 59.7 Å². The number of ether oxygens (including phenoxy) is 1. The van der Waals surface area contributed by atoms with Crippen LogP contribution >= 0.6 is 12.2 Å². The third-order valence-corrected chi connectivity index (χ3v) is 3.00. The summed E-state index contributed by atoms with van der Waals surface area (Å²) >= 11 is 5.17. The van der Waals surface area contributed by atoms with Gasteiger partial charge in [-0.3, -0.25) is 5.43 Å². The van der Waals surface area contributed by atoms with Crippen LogP contribution in [0.5, 0.6) is 5.75 Å². The van der Waals surface area contributed by atoms with Gasteiger partial charge in [0.05, 0.1) is 13.3 Å². The molecule has 0 bridgehead atoms. The molecule has 108 valence electrons. The Morgan fingerprint density at radius 1 is 1.10 bits per heavy atom. The Balaban J connectivity index is 1.85. The van der Waals surface area contributed by atoms with Crippen molar-refractivity contribution < 1.29 is 4.74 Å². The maximum absolute atomic E-state index is 5.17. The van der Waals surface area contributed by atoms with E-state index in [9.17, 15) is 0 Å². The van der Waals surface area contributed by atoms with E-state index in [0.717, 1.165) is 17.0 Å². The molecule has 0 aromatic heterocycles. The Bertz CT molecular complexity index is 621. The van der Waals surface area contributed by atoms with E-state index in [2.05, 4.69) is 15.8 Å². The molecule has 0 atom stereocenters. The van der Waals surface area contributed by atoms with E-state index in [1.165, 1.54) is 5.56 Å². The molecule has 0 aliphatic carbocycles. The van der Waals surface area contributed by atoms with Gasteiger partial charge in [-0.05, 0) is 49.0 Å². The van der Waals surface area contributed by atoms with Crippen molar-refractivity contribution in [2.45, 2.75) is 6.92 Å². The first-order chi connectivity index (χ1) is 10.2. The fraction of sp³-hybridized carbons (Fsp3) is 0.125. The number of rotatable bonds is 4. The average molecular weight is 299 g/mol. The normalized spacial score (nSPS) is 10.4. The number of methoxy groups -OCH3 is 1. The molecule has 0 amide bonds. The second kappa shape index (κ2) is 7.40. The molecule has 0 spiro atoms. The summed E-state index contributed by atoms with van der Waals surface area (Å²) in [5.41, 5.74) is 5.89. The van der Waals surface area contributed by atoms with Crippen LogP contribution < -0.4 is 15.5 Å². The molecule has 0 aliphatic heterocycles. The summed E-state index contributed by atoms with van der Waals surface area (Å²) in [4.78, 5) is 0. The average Bonchev–Trinajstić information content (AvgIpc) is 2.50. The number of hydrogen-bond donors (Lipinski definition) is 2. The quantitative estimate of drug-likeness (QED) is 0.516. The summed E-state index contributed by atoms with van der Waals surface area (Å²) in [6, 6.07) is 15.6. The van der Waals surface area contributed by atoms with Crippen molar-refractivity contribution in [1.82, 2.24) is 5.43 Å². The summed E-state index contributed by atoms with van der Waals surface area (Å²) < 4.78 is 5.10. The van der Waals surface area contributed by atoms with E-state index in [4.69, 9.17) is 17.0 Å². The Morgan fingerprint density at radius 3 is 2.38 bits per heavy atom. The van der Waals surface area contributed by atoms with Crippen LogP contribution in [0.3, 0.4) is 0 Å². The lowest BCUT2D eigenvalue weighted by Crippen LogP contribution is -2.23. The molecule has 2 aromatic carbocycles. The van der Waals surface area contributed by atoms with Crippen molar-refractivity contribution in [2.24, 2.45) is 5.10 Å². The van der Waals surface area contributed by atoms with E-state index in [1.54, 1.807) is 13.3 Å². The minimum absolute atomic E-state index is 0.434. The lowest BCUT2D eigenvalue weighted by Gasteiger charge is -2.07. The van der Waals surface area contributed by atoms with Crippen LogP contribution in [-0.2, 0) is 0 Å². The molecule has 0 saturated carbocycles. The van der Waals surface area contributed by atoms with Crippen LogP contribution in [0.1, 0.15) is 11.1 Å². The molecule has 0 saturated heterocycles. The van der Waals surface area contributed by atoms with Gasteiger partial charge in [-0.1, -0.05) is 29.8 Å². The van der Waals surface area contributed by atoms with Crippen LogP contribution in [0.2, 0.25) is 0 Å². The van der Waals surface area contributed by atoms with E-state index < -0.39 is 0 Å². The number of hydrogen-bond acceptors (Lipinski definition) is 3. The SMILES string of the molecule is COc1ccc(NC(=S)N/N=C\c2ccc(C)cc2)cc1. The second-order valence-corrected chi connectivity index (χ2v) is 4.87. The summed E-state index contributed by atoms with van der Waals surface area (Å²) in [6.07, 6.45) is 1.72. The second-order valence-electron chi connectivity index (χ2n) is 4.46. The molecule has 21 heavy (non-hydrogen) atoms. The van der Waals surface area contributed by atoms with E-state index in [0.29, 0.717) is 5.11 Å². The van der Waals surface area contributed by atoms with Gasteiger partial charge in [0.15, 0.2) is 5.11 Å². The molecule has 0 aliphatic rings. The first-order valence-corrected chi connectivity index (χ1v) is 6.89. The highest BCUT2D eigenvalue weighted by Crippen LogP contribution is 2.14. The highest BCUT2D eigenvalue weighted by atomic mass is 32.1. The molecule has 0 fully saturated rings. The smallest absolute Gasteiger partial charge is 0.191 e. The third-order valence-electron chi connectivity index (χ3n) is 2.80. The van der Waals surface area contributed by atoms with E-state index in [1.807, 2.05) is 55.5 Å². The molecule has 2 rings (SSSR count). The summed E-state index contributed by atoms with van der Waals surface area (Å²) in [7, 11) is 1.63. The van der Waals surface area contributed by atoms with Gasteiger partial charge in [-0.15, -0.1) is 0 Å². The Labute approximate surface area is 129 Å². The first-order valence-electron chi connectivity index (χ1n) is 6.48. The van der Waals surface area contributed by atoms with Crippen molar-refractivity contribution >= 4 is 29.2 Å². The van der Waals surface area contributed by atoms with Gasteiger partial charge in [-0.25, -0.2) is 0 Å². The largest absolute Gasteiger partial charge is 0.497 e. The van der Waals surface area contributed by atoms with Gasteiger partial charge in [-0.2, -0.15) is 5.10 Å². The Kier molecular flexibility index (Phi) is 5.29. The van der Waals surface area contributed by atoms with Gasteiger partial charge in [0.1, 0.15) is 5.75 Å². The molecule has 0 heterocycles. The predicted octanol–water partition coefficient (Wildman–Crippen LogP) is 3.32. The van der Waals surface area contributed by atoms with Gasteiger partial charge in [0.2, 0.25) is 0 Å². The van der Waals surface area contributed by atoms with Gasteiger partial charge in [0.25, 0.3) is 0 Å². The predicted molar refractivity (Wildman–Crippen MR) is 91.1 cm³/mol. The van der Waals surface area contributed by atoms with Crippen molar-refractivity contribution in [3.8, 4) is 5.75 Å². The van der Waals surface area contributed by atoms with Crippen LogP contribution in [-0.4, -0.2) is 18.4 Å². The Hall–Kier alpha value is -2.40. The van der Waals surface area contributed by atoms with E-state index in [-0.39, 0.29) is 0 Å². The molecule has 5 heteroatoms. The zero-order valence-electron chi connectivity index (χ0n) is 12.0. The third kappa shape index (κ3) is 4.89. The number of nitrogens with zero attached hydrogens (tertiary/aromatic N) is 1. The monoisotopic (exact) mass is 299 g/mol. The molecular formula is C16H17N3OS. The van der Waals surface area contributed by atoms with Gasteiger partial charge >= 0.3 is 0 Å². The number of nitrogens with one attached hydrogen (secondary N) is 2. The lowest BCUT2D eigenvalue weighted by molar-refractivity contribution is 0.415. The van der Waals surface area contributed by atoms with E-state index >= 15 is 0 Å². The fourth-order valence-electron chi connectivity index (χ4n) is 1.65. The number of benzene rings is 2. The summed E-state index contributed by atoms with van der Waals surface area (Å²) in [6.45, 7) is 2.05. The minimum atomic E-state index is 0.434. The van der Waals surface area contributed by atoms with Gasteiger partial charge < -0.3 is 10.1 Å². The van der Waals surface area contributed by atoms with Gasteiger partial charge in [0, 0.05) is 5.69 Å². The standard InChI is InChI=1S/C16H17N3OS/c1-12-3-5-13(6-4-12)11-17-19-16(21)18-14-7-9-15(20-2)10-8-14/h3-11H,1-2H3,(H2,18,19,21)/b17-11-. The number of hydrazone groups is 1. The number of anilines is 1. The topological polar surface area (TPSA) is 45.6 Å². The first kappa shape index (κ1) is 15.0.